The van der Waals surface area contributed by atoms with E-state index in [4.69, 9.17) is 9.47 Å². The van der Waals surface area contributed by atoms with Crippen molar-refractivity contribution in [3.63, 3.8) is 0 Å². The monoisotopic (exact) mass is 294 g/mol. The molecule has 0 fully saturated rings. The van der Waals surface area contributed by atoms with Crippen molar-refractivity contribution in [2.75, 3.05) is 13.7 Å². The van der Waals surface area contributed by atoms with Gasteiger partial charge >= 0.3 is 0 Å². The Kier molecular flexibility index (Phi) is 2.76. The molecule has 0 unspecified atom stereocenters. The molecule has 0 bridgehead atoms. The van der Waals surface area contributed by atoms with E-state index in [0.29, 0.717) is 17.9 Å². The molecule has 0 amide bonds. The zero-order valence-electron chi connectivity index (χ0n) is 12.0. The van der Waals surface area contributed by atoms with Gasteiger partial charge in [-0.15, -0.1) is 5.11 Å². The highest BCUT2D eigenvalue weighted by Gasteiger charge is 2.57. The first-order valence-corrected chi connectivity index (χ1v) is 7.10. The van der Waals surface area contributed by atoms with Crippen LogP contribution < -0.4 is 9.47 Å². The number of carbonyl (C=O) groups excluding carboxylic acids is 1. The molecule has 2 heterocycles. The molecule has 2 aliphatic heterocycles. The molecule has 2 atom stereocenters. The molecule has 1 spiro atoms. The number of methoxy groups -OCH3 is 1. The minimum Gasteiger partial charge on any atom is -0.497 e. The summed E-state index contributed by atoms with van der Waals surface area (Å²) in [7, 11) is 1.62. The van der Waals surface area contributed by atoms with Gasteiger partial charge in [0.05, 0.1) is 25.1 Å². The van der Waals surface area contributed by atoms with Crippen molar-refractivity contribution in [3.05, 3.63) is 59.7 Å². The number of para-hydroxylation sites is 1. The van der Waals surface area contributed by atoms with Crippen molar-refractivity contribution in [1.82, 2.24) is 0 Å². The highest BCUT2D eigenvalue weighted by atomic mass is 16.5. The van der Waals surface area contributed by atoms with Gasteiger partial charge in [0, 0.05) is 0 Å². The van der Waals surface area contributed by atoms with Crippen molar-refractivity contribution in [1.29, 1.82) is 0 Å². The molecule has 0 saturated heterocycles. The number of azo groups is 1. The molecule has 2 aromatic carbocycles. The van der Waals surface area contributed by atoms with Gasteiger partial charge in [-0.1, -0.05) is 24.3 Å². The van der Waals surface area contributed by atoms with Crippen LogP contribution in [0.5, 0.6) is 11.5 Å². The fraction of sp³-hybridized carbons (Fsp3) is 0.235. The minimum atomic E-state index is -1.25. The van der Waals surface area contributed by atoms with Crippen LogP contribution in [0.4, 0.5) is 0 Å². The van der Waals surface area contributed by atoms with Gasteiger partial charge in [0.15, 0.2) is 0 Å². The van der Waals surface area contributed by atoms with Crippen LogP contribution in [0.25, 0.3) is 0 Å². The fourth-order valence-corrected chi connectivity index (χ4v) is 3.03. The number of nitrogens with zero attached hydrogens (tertiary/aromatic N) is 2. The molecule has 0 radical (unpaired) electrons. The Morgan fingerprint density at radius 2 is 1.95 bits per heavy atom. The average molecular weight is 294 g/mol. The number of benzene rings is 2. The predicted molar refractivity (Wildman–Crippen MR) is 79.6 cm³/mol. The van der Waals surface area contributed by atoms with Gasteiger partial charge in [0.25, 0.3) is 5.72 Å². The maximum absolute atomic E-state index is 12.8. The fourth-order valence-electron chi connectivity index (χ4n) is 3.03. The van der Waals surface area contributed by atoms with E-state index in [9.17, 15) is 4.79 Å². The third-order valence-electron chi connectivity index (χ3n) is 4.20. The van der Waals surface area contributed by atoms with E-state index in [-0.39, 0.29) is 11.7 Å². The molecular weight excluding hydrogens is 280 g/mol. The summed E-state index contributed by atoms with van der Waals surface area (Å²) in [6, 6.07) is 14.8. The third-order valence-corrected chi connectivity index (χ3v) is 4.20. The Morgan fingerprint density at radius 1 is 1.18 bits per heavy atom. The van der Waals surface area contributed by atoms with E-state index in [2.05, 4.69) is 10.2 Å². The zero-order chi connectivity index (χ0) is 15.2. The first-order valence-electron chi connectivity index (χ1n) is 7.10. The van der Waals surface area contributed by atoms with Crippen LogP contribution in [-0.4, -0.2) is 25.2 Å². The lowest BCUT2D eigenvalue weighted by Crippen LogP contribution is -2.42. The standard InChI is InChI=1S/C17H14N2O3/c1-21-12-8-6-11(7-9-12)14-10-18-19-17(14)16(20)13-4-2-3-5-15(13)22-17/h2-9,14H,10H2,1H3/t14-,17+/m0/s1. The molecule has 4 rings (SSSR count). The molecule has 110 valence electrons. The van der Waals surface area contributed by atoms with E-state index in [1.165, 1.54) is 0 Å². The number of hydrogen-bond acceptors (Lipinski definition) is 5. The SMILES string of the molecule is COc1ccc([C@@H]2CN=N[C@@]23Oc2ccccc2C3=O)cc1. The summed E-state index contributed by atoms with van der Waals surface area (Å²) in [6.07, 6.45) is 0. The van der Waals surface area contributed by atoms with Gasteiger partial charge in [-0.2, -0.15) is 5.11 Å². The van der Waals surface area contributed by atoms with E-state index in [0.717, 1.165) is 11.3 Å². The van der Waals surface area contributed by atoms with Gasteiger partial charge < -0.3 is 9.47 Å². The number of fused-ring (bicyclic) bond motifs is 1. The summed E-state index contributed by atoms with van der Waals surface area (Å²) in [5.74, 6) is 1.00. The molecule has 0 N–H and O–H groups in total. The van der Waals surface area contributed by atoms with E-state index in [1.807, 2.05) is 36.4 Å². The average Bonchev–Trinajstić information content (AvgIpc) is 3.11. The first-order chi connectivity index (χ1) is 10.7. The van der Waals surface area contributed by atoms with Crippen molar-refractivity contribution >= 4 is 5.78 Å². The Labute approximate surface area is 127 Å². The van der Waals surface area contributed by atoms with E-state index >= 15 is 0 Å². The van der Waals surface area contributed by atoms with Crippen molar-refractivity contribution in [2.24, 2.45) is 10.2 Å². The smallest absolute Gasteiger partial charge is 0.290 e. The summed E-state index contributed by atoms with van der Waals surface area (Å²) >= 11 is 0. The maximum atomic E-state index is 12.8. The Balaban J connectivity index is 1.75. The number of carbonyl (C=O) groups is 1. The van der Waals surface area contributed by atoms with Crippen molar-refractivity contribution in [2.45, 2.75) is 11.6 Å². The Hall–Kier alpha value is -2.69. The van der Waals surface area contributed by atoms with Crippen LogP contribution in [0.1, 0.15) is 21.8 Å². The van der Waals surface area contributed by atoms with Crippen molar-refractivity contribution in [3.8, 4) is 11.5 Å². The van der Waals surface area contributed by atoms with Crippen LogP contribution in [-0.2, 0) is 0 Å². The van der Waals surface area contributed by atoms with Gasteiger partial charge in [-0.3, -0.25) is 4.79 Å². The summed E-state index contributed by atoms with van der Waals surface area (Å²) in [4.78, 5) is 12.8. The maximum Gasteiger partial charge on any atom is 0.290 e. The Bertz CT molecular complexity index is 770. The number of hydrogen-bond donors (Lipinski definition) is 0. The van der Waals surface area contributed by atoms with Crippen molar-refractivity contribution < 1.29 is 14.3 Å². The highest BCUT2D eigenvalue weighted by molar-refractivity contribution is 6.08. The predicted octanol–water partition coefficient (Wildman–Crippen LogP) is 3.22. The lowest BCUT2D eigenvalue weighted by atomic mass is 9.86. The number of ketones is 1. The number of Topliss-reactive ketones (excluding diaryl/α,β-unsaturated/α-hetero) is 1. The van der Waals surface area contributed by atoms with Gasteiger partial charge in [-0.05, 0) is 29.8 Å². The molecule has 22 heavy (non-hydrogen) atoms. The number of ether oxygens (including phenoxy) is 2. The summed E-state index contributed by atoms with van der Waals surface area (Å²) in [5.41, 5.74) is 0.284. The van der Waals surface area contributed by atoms with Crippen LogP contribution in [0.2, 0.25) is 0 Å². The Morgan fingerprint density at radius 3 is 2.68 bits per heavy atom. The minimum absolute atomic E-state index is 0.120. The molecule has 5 nitrogen and oxygen atoms in total. The summed E-state index contributed by atoms with van der Waals surface area (Å²) in [6.45, 7) is 0.437. The molecule has 0 saturated carbocycles. The van der Waals surface area contributed by atoms with Crippen LogP contribution in [0.3, 0.4) is 0 Å². The zero-order valence-corrected chi connectivity index (χ0v) is 12.0. The topological polar surface area (TPSA) is 60.3 Å². The van der Waals surface area contributed by atoms with E-state index < -0.39 is 5.72 Å². The molecule has 0 aromatic heterocycles. The number of rotatable bonds is 2. The second-order valence-electron chi connectivity index (χ2n) is 5.37. The normalized spacial score (nSPS) is 25.3. The van der Waals surface area contributed by atoms with Gasteiger partial charge in [0.2, 0.25) is 5.78 Å². The first kappa shape index (κ1) is 13.0. The molecule has 2 aromatic rings. The third kappa shape index (κ3) is 1.68. The van der Waals surface area contributed by atoms with Crippen LogP contribution >= 0.6 is 0 Å². The lowest BCUT2D eigenvalue weighted by Gasteiger charge is -2.25. The molecule has 5 heteroatoms. The summed E-state index contributed by atoms with van der Waals surface area (Å²) < 4.78 is 11.1. The summed E-state index contributed by atoms with van der Waals surface area (Å²) in [5, 5.41) is 8.29. The van der Waals surface area contributed by atoms with Crippen LogP contribution in [0, 0.1) is 0 Å². The van der Waals surface area contributed by atoms with Gasteiger partial charge in [-0.25, -0.2) is 0 Å². The van der Waals surface area contributed by atoms with E-state index in [1.54, 1.807) is 19.2 Å². The molecule has 0 aliphatic carbocycles. The lowest BCUT2D eigenvalue weighted by molar-refractivity contribution is 0.0535. The second kappa shape index (κ2) is 4.66. The largest absolute Gasteiger partial charge is 0.497 e. The molecule has 2 aliphatic rings. The van der Waals surface area contributed by atoms with Gasteiger partial charge in [0.1, 0.15) is 11.5 Å². The highest BCUT2D eigenvalue weighted by Crippen LogP contribution is 2.47. The molecular formula is C17H14N2O3. The second-order valence-corrected chi connectivity index (χ2v) is 5.37. The quantitative estimate of drug-likeness (QED) is 0.854. The van der Waals surface area contributed by atoms with Crippen LogP contribution in [0.15, 0.2) is 58.8 Å².